The maximum absolute atomic E-state index is 11.9. The smallest absolute Gasteiger partial charge is 0.167 e. The van der Waals surface area contributed by atoms with E-state index in [1.165, 1.54) is 0 Å². The number of halogens is 1. The molecule has 1 nitrogen and oxygen atoms in total. The lowest BCUT2D eigenvalue weighted by atomic mass is 10.3. The monoisotopic (exact) mass is 101 g/mol. The zero-order valence-electron chi connectivity index (χ0n) is 3.86. The van der Waals surface area contributed by atoms with Crippen LogP contribution in [0.4, 0.5) is 4.39 Å². The third-order valence-corrected chi connectivity index (χ3v) is 1.07. The molecule has 2 heteroatoms. The normalized spacial score (nSPS) is 31.6. The second-order valence-corrected chi connectivity index (χ2v) is 1.66. The van der Waals surface area contributed by atoms with E-state index >= 15 is 0 Å². The molecule has 1 rings (SSSR count). The SMILES string of the molecule is O=C1C[CH]CC1F. The van der Waals surface area contributed by atoms with E-state index in [2.05, 4.69) is 0 Å². The first-order chi connectivity index (χ1) is 3.30. The van der Waals surface area contributed by atoms with Gasteiger partial charge in [0.1, 0.15) is 0 Å². The van der Waals surface area contributed by atoms with Crippen LogP contribution in [0.2, 0.25) is 0 Å². The van der Waals surface area contributed by atoms with E-state index in [-0.39, 0.29) is 5.78 Å². The van der Waals surface area contributed by atoms with Gasteiger partial charge in [0.25, 0.3) is 0 Å². The van der Waals surface area contributed by atoms with Crippen LogP contribution in [0.25, 0.3) is 0 Å². The van der Waals surface area contributed by atoms with Crippen molar-refractivity contribution in [3.8, 4) is 0 Å². The molecule has 0 aromatic heterocycles. The molecule has 1 aliphatic carbocycles. The fourth-order valence-corrected chi connectivity index (χ4v) is 0.631. The Morgan fingerprint density at radius 3 is 2.71 bits per heavy atom. The van der Waals surface area contributed by atoms with Crippen LogP contribution in [0.1, 0.15) is 12.8 Å². The molecule has 0 aromatic carbocycles. The largest absolute Gasteiger partial charge is 0.296 e. The van der Waals surface area contributed by atoms with Crippen LogP contribution in [0.5, 0.6) is 0 Å². The number of ketones is 1. The summed E-state index contributed by atoms with van der Waals surface area (Å²) in [5.74, 6) is -0.264. The average Bonchev–Trinajstić information content (AvgIpc) is 1.91. The van der Waals surface area contributed by atoms with Crippen molar-refractivity contribution in [3.63, 3.8) is 0 Å². The van der Waals surface area contributed by atoms with Crippen molar-refractivity contribution in [1.82, 2.24) is 0 Å². The summed E-state index contributed by atoms with van der Waals surface area (Å²) in [5.41, 5.74) is 0. The van der Waals surface area contributed by atoms with Gasteiger partial charge in [0.15, 0.2) is 12.0 Å². The number of alkyl halides is 1. The molecule has 0 N–H and O–H groups in total. The Labute approximate surface area is 41.5 Å². The van der Waals surface area contributed by atoms with Crippen molar-refractivity contribution in [1.29, 1.82) is 0 Å². The van der Waals surface area contributed by atoms with Crippen LogP contribution in [0, 0.1) is 6.42 Å². The molecule has 39 valence electrons. The van der Waals surface area contributed by atoms with Gasteiger partial charge in [0.05, 0.1) is 0 Å². The molecular formula is C5H6FO. The molecule has 0 bridgehead atoms. The summed E-state index contributed by atoms with van der Waals surface area (Å²) >= 11 is 0. The molecule has 0 spiro atoms. The summed E-state index contributed by atoms with van der Waals surface area (Å²) in [7, 11) is 0. The Morgan fingerprint density at radius 2 is 2.57 bits per heavy atom. The maximum atomic E-state index is 11.9. The zero-order valence-corrected chi connectivity index (χ0v) is 3.86. The fourth-order valence-electron chi connectivity index (χ4n) is 0.631. The molecule has 1 aliphatic rings. The van der Waals surface area contributed by atoms with Crippen LogP contribution in [0.15, 0.2) is 0 Å². The molecule has 1 atom stereocenters. The van der Waals surface area contributed by atoms with Crippen LogP contribution in [0.3, 0.4) is 0 Å². The Balaban J connectivity index is 2.48. The van der Waals surface area contributed by atoms with Gasteiger partial charge >= 0.3 is 0 Å². The van der Waals surface area contributed by atoms with Crippen molar-refractivity contribution in [2.24, 2.45) is 0 Å². The van der Waals surface area contributed by atoms with Crippen molar-refractivity contribution < 1.29 is 9.18 Å². The van der Waals surface area contributed by atoms with Gasteiger partial charge in [-0.3, -0.25) is 4.79 Å². The van der Waals surface area contributed by atoms with Crippen molar-refractivity contribution in [3.05, 3.63) is 6.42 Å². The lowest BCUT2D eigenvalue weighted by molar-refractivity contribution is -0.121. The van der Waals surface area contributed by atoms with Crippen LogP contribution in [-0.4, -0.2) is 12.0 Å². The van der Waals surface area contributed by atoms with Crippen LogP contribution < -0.4 is 0 Å². The summed E-state index contributed by atoms with van der Waals surface area (Å²) in [5, 5.41) is 0. The minimum absolute atomic E-state index is 0.264. The van der Waals surface area contributed by atoms with Crippen LogP contribution >= 0.6 is 0 Å². The van der Waals surface area contributed by atoms with Gasteiger partial charge in [0.2, 0.25) is 0 Å². The van der Waals surface area contributed by atoms with E-state index in [4.69, 9.17) is 0 Å². The number of carbonyl (C=O) groups excluding carboxylic acids is 1. The molecule has 0 saturated heterocycles. The highest BCUT2D eigenvalue weighted by molar-refractivity contribution is 5.86. The summed E-state index contributed by atoms with van der Waals surface area (Å²) in [6.45, 7) is 0. The lowest BCUT2D eigenvalue weighted by Gasteiger charge is -1.86. The predicted molar refractivity (Wildman–Crippen MR) is 23.4 cm³/mol. The summed E-state index contributed by atoms with van der Waals surface area (Å²) in [6, 6.07) is 0. The number of Topliss-reactive ketones (excluding diaryl/α,β-unsaturated/α-hetero) is 1. The Bertz CT molecular complexity index is 90.1. The number of carbonyl (C=O) groups is 1. The molecule has 1 unspecified atom stereocenters. The summed E-state index contributed by atoms with van der Waals surface area (Å²) < 4.78 is 11.9. The number of hydrogen-bond acceptors (Lipinski definition) is 1. The topological polar surface area (TPSA) is 17.1 Å². The van der Waals surface area contributed by atoms with E-state index in [1.807, 2.05) is 0 Å². The highest BCUT2D eigenvalue weighted by Crippen LogP contribution is 2.15. The first kappa shape index (κ1) is 4.75. The quantitative estimate of drug-likeness (QED) is 0.443. The highest BCUT2D eigenvalue weighted by Gasteiger charge is 2.22. The molecule has 1 fully saturated rings. The predicted octanol–water partition coefficient (Wildman–Crippen LogP) is 0.892. The van der Waals surface area contributed by atoms with E-state index in [1.54, 1.807) is 6.42 Å². The van der Waals surface area contributed by atoms with Crippen molar-refractivity contribution in [2.75, 3.05) is 0 Å². The average molecular weight is 101 g/mol. The zero-order chi connectivity index (χ0) is 5.28. The lowest BCUT2D eigenvalue weighted by Crippen LogP contribution is -2.04. The van der Waals surface area contributed by atoms with Crippen LogP contribution in [-0.2, 0) is 4.79 Å². The third-order valence-electron chi connectivity index (χ3n) is 1.07. The van der Waals surface area contributed by atoms with Gasteiger partial charge in [0, 0.05) is 6.42 Å². The maximum Gasteiger partial charge on any atom is 0.167 e. The molecule has 0 aromatic rings. The molecule has 0 amide bonds. The van der Waals surface area contributed by atoms with Gasteiger partial charge in [-0.05, 0) is 12.8 Å². The Hall–Kier alpha value is -0.400. The second-order valence-electron chi connectivity index (χ2n) is 1.66. The van der Waals surface area contributed by atoms with Gasteiger partial charge in [-0.15, -0.1) is 0 Å². The molecule has 1 radical (unpaired) electrons. The highest BCUT2D eigenvalue weighted by atomic mass is 19.1. The van der Waals surface area contributed by atoms with Gasteiger partial charge in [-0.1, -0.05) is 0 Å². The summed E-state index contributed by atoms with van der Waals surface area (Å²) in [4.78, 5) is 10.2. The summed E-state index contributed by atoms with van der Waals surface area (Å²) in [6.07, 6.45) is 1.16. The van der Waals surface area contributed by atoms with Crippen molar-refractivity contribution in [2.45, 2.75) is 19.0 Å². The van der Waals surface area contributed by atoms with E-state index in [0.29, 0.717) is 12.8 Å². The molecule has 7 heavy (non-hydrogen) atoms. The molecule has 0 heterocycles. The first-order valence-corrected chi connectivity index (χ1v) is 2.29. The third kappa shape index (κ3) is 0.787. The number of rotatable bonds is 0. The van der Waals surface area contributed by atoms with Gasteiger partial charge in [-0.25, -0.2) is 4.39 Å². The minimum atomic E-state index is -1.18. The fraction of sp³-hybridized carbons (Fsp3) is 0.600. The Kier molecular flexibility index (Phi) is 1.09. The molecule has 0 aliphatic heterocycles. The molecule has 1 saturated carbocycles. The number of hydrogen-bond donors (Lipinski definition) is 0. The standard InChI is InChI=1S/C5H6FO/c6-4-2-1-3-5(4)7/h1,4H,2-3H2. The minimum Gasteiger partial charge on any atom is -0.296 e. The molecular weight excluding hydrogens is 95.1 g/mol. The second kappa shape index (κ2) is 1.60. The van der Waals surface area contributed by atoms with Crippen molar-refractivity contribution >= 4 is 5.78 Å². The van der Waals surface area contributed by atoms with Gasteiger partial charge in [-0.2, -0.15) is 0 Å². The first-order valence-electron chi connectivity index (χ1n) is 2.29. The van der Waals surface area contributed by atoms with E-state index in [0.717, 1.165) is 0 Å². The Morgan fingerprint density at radius 1 is 1.86 bits per heavy atom. The van der Waals surface area contributed by atoms with Gasteiger partial charge < -0.3 is 0 Å². The van der Waals surface area contributed by atoms with E-state index in [9.17, 15) is 9.18 Å². The van der Waals surface area contributed by atoms with E-state index < -0.39 is 6.17 Å².